The Bertz CT molecular complexity index is 354. The van der Waals surface area contributed by atoms with Crippen LogP contribution in [0.1, 0.15) is 10.4 Å². The molecule has 0 bridgehead atoms. The van der Waals surface area contributed by atoms with Crippen molar-refractivity contribution in [3.8, 4) is 5.75 Å². The Morgan fingerprint density at radius 2 is 2.07 bits per heavy atom. The average molecular weight is 203 g/mol. The van der Waals surface area contributed by atoms with Crippen LogP contribution in [-0.2, 0) is 0 Å². The maximum atomic E-state index is 11.8. The Labute approximate surface area is 77.9 Å². The van der Waals surface area contributed by atoms with Crippen LogP contribution in [0, 0.1) is 0 Å². The molecular weight excluding hydrogens is 196 g/mol. The standard InChI is InChI=1S/C8H7F2NO3/c9-8(10)14-6-2-4(7(12)13)1-5(11)3-6/h1-3,8H,11H2,(H,12,13). The summed E-state index contributed by atoms with van der Waals surface area (Å²) in [5.74, 6) is -1.52. The lowest BCUT2D eigenvalue weighted by atomic mass is 10.2. The summed E-state index contributed by atoms with van der Waals surface area (Å²) in [6.07, 6.45) is 0. The third-order valence-electron chi connectivity index (χ3n) is 1.40. The first kappa shape index (κ1) is 10.2. The van der Waals surface area contributed by atoms with Gasteiger partial charge in [0.25, 0.3) is 0 Å². The first-order valence-electron chi connectivity index (χ1n) is 3.57. The number of aromatic carboxylic acids is 1. The zero-order valence-corrected chi connectivity index (χ0v) is 6.91. The molecule has 0 aliphatic rings. The van der Waals surface area contributed by atoms with Crippen molar-refractivity contribution < 1.29 is 23.4 Å². The van der Waals surface area contributed by atoms with Crippen LogP contribution in [0.3, 0.4) is 0 Å². The lowest BCUT2D eigenvalue weighted by molar-refractivity contribution is -0.0498. The molecule has 3 N–H and O–H groups in total. The molecule has 0 spiro atoms. The summed E-state index contributed by atoms with van der Waals surface area (Å²) in [5.41, 5.74) is 5.15. The van der Waals surface area contributed by atoms with Crippen LogP contribution in [0.4, 0.5) is 14.5 Å². The molecule has 0 amide bonds. The number of carbonyl (C=O) groups is 1. The summed E-state index contributed by atoms with van der Waals surface area (Å²) in [6.45, 7) is -3.00. The van der Waals surface area contributed by atoms with E-state index in [0.29, 0.717) is 0 Å². The monoisotopic (exact) mass is 203 g/mol. The quantitative estimate of drug-likeness (QED) is 0.731. The van der Waals surface area contributed by atoms with Crippen LogP contribution < -0.4 is 10.5 Å². The Balaban J connectivity index is 3.01. The van der Waals surface area contributed by atoms with Crippen LogP contribution in [0.25, 0.3) is 0 Å². The Hall–Kier alpha value is -1.85. The minimum atomic E-state index is -3.00. The molecule has 0 saturated carbocycles. The minimum absolute atomic E-state index is 0.0561. The highest BCUT2D eigenvalue weighted by molar-refractivity contribution is 5.89. The number of nitrogen functional groups attached to an aromatic ring is 1. The fourth-order valence-corrected chi connectivity index (χ4v) is 0.916. The molecule has 76 valence electrons. The highest BCUT2D eigenvalue weighted by Crippen LogP contribution is 2.20. The van der Waals surface area contributed by atoms with Gasteiger partial charge in [-0.1, -0.05) is 0 Å². The second-order valence-corrected chi connectivity index (χ2v) is 2.47. The number of hydrogen-bond donors (Lipinski definition) is 2. The van der Waals surface area contributed by atoms with E-state index in [2.05, 4.69) is 4.74 Å². The molecule has 14 heavy (non-hydrogen) atoms. The molecular formula is C8H7F2NO3. The molecule has 0 fully saturated rings. The first-order valence-corrected chi connectivity index (χ1v) is 3.57. The third kappa shape index (κ3) is 2.58. The van der Waals surface area contributed by atoms with Crippen LogP contribution in [0.5, 0.6) is 5.75 Å². The molecule has 0 radical (unpaired) electrons. The highest BCUT2D eigenvalue weighted by atomic mass is 19.3. The molecule has 0 saturated heterocycles. The Morgan fingerprint density at radius 3 is 2.57 bits per heavy atom. The fraction of sp³-hybridized carbons (Fsp3) is 0.125. The Morgan fingerprint density at radius 1 is 1.43 bits per heavy atom. The number of rotatable bonds is 3. The van der Waals surface area contributed by atoms with Crippen molar-refractivity contribution in [3.63, 3.8) is 0 Å². The zero-order chi connectivity index (χ0) is 10.7. The maximum Gasteiger partial charge on any atom is 0.387 e. The lowest BCUT2D eigenvalue weighted by Crippen LogP contribution is -2.05. The van der Waals surface area contributed by atoms with E-state index in [1.54, 1.807) is 0 Å². The van der Waals surface area contributed by atoms with E-state index >= 15 is 0 Å². The molecule has 0 heterocycles. The maximum absolute atomic E-state index is 11.8. The summed E-state index contributed by atoms with van der Waals surface area (Å²) in [6, 6.07) is 3.25. The number of hydrogen-bond acceptors (Lipinski definition) is 3. The molecule has 6 heteroatoms. The van der Waals surface area contributed by atoms with Gasteiger partial charge in [-0.15, -0.1) is 0 Å². The number of carboxylic acid groups (broad SMARTS) is 1. The van der Waals surface area contributed by atoms with Crippen molar-refractivity contribution in [1.29, 1.82) is 0 Å². The van der Waals surface area contributed by atoms with Gasteiger partial charge in [0.15, 0.2) is 0 Å². The number of ether oxygens (including phenoxy) is 1. The molecule has 1 aromatic rings. The molecule has 1 rings (SSSR count). The van der Waals surface area contributed by atoms with Crippen molar-refractivity contribution in [3.05, 3.63) is 23.8 Å². The summed E-state index contributed by atoms with van der Waals surface area (Å²) in [5, 5.41) is 8.57. The van der Waals surface area contributed by atoms with E-state index in [0.717, 1.165) is 18.2 Å². The van der Waals surface area contributed by atoms with Crippen molar-refractivity contribution in [2.45, 2.75) is 6.61 Å². The third-order valence-corrected chi connectivity index (χ3v) is 1.40. The topological polar surface area (TPSA) is 72.5 Å². The number of anilines is 1. The van der Waals surface area contributed by atoms with Gasteiger partial charge in [-0.25, -0.2) is 4.79 Å². The smallest absolute Gasteiger partial charge is 0.387 e. The van der Waals surface area contributed by atoms with Gasteiger partial charge in [0, 0.05) is 11.8 Å². The number of nitrogens with two attached hydrogens (primary N) is 1. The van der Waals surface area contributed by atoms with Crippen molar-refractivity contribution in [1.82, 2.24) is 0 Å². The molecule has 0 aliphatic heterocycles. The molecule has 1 aromatic carbocycles. The second kappa shape index (κ2) is 3.91. The van der Waals surface area contributed by atoms with Crippen molar-refractivity contribution >= 4 is 11.7 Å². The van der Waals surface area contributed by atoms with Gasteiger partial charge in [-0.2, -0.15) is 8.78 Å². The predicted octanol–water partition coefficient (Wildman–Crippen LogP) is 1.57. The summed E-state index contributed by atoms with van der Waals surface area (Å²) in [4.78, 5) is 10.5. The molecule has 0 unspecified atom stereocenters. The predicted molar refractivity (Wildman–Crippen MR) is 44.4 cm³/mol. The van der Waals surface area contributed by atoms with Crippen molar-refractivity contribution in [2.75, 3.05) is 5.73 Å². The van der Waals surface area contributed by atoms with E-state index in [1.807, 2.05) is 0 Å². The van der Waals surface area contributed by atoms with Gasteiger partial charge in [-0.3, -0.25) is 0 Å². The van der Waals surface area contributed by atoms with E-state index < -0.39 is 12.6 Å². The fourth-order valence-electron chi connectivity index (χ4n) is 0.916. The first-order chi connectivity index (χ1) is 6.49. The van der Waals surface area contributed by atoms with E-state index in [-0.39, 0.29) is 17.0 Å². The van der Waals surface area contributed by atoms with Crippen molar-refractivity contribution in [2.24, 2.45) is 0 Å². The highest BCUT2D eigenvalue weighted by Gasteiger charge is 2.09. The van der Waals surface area contributed by atoms with Gasteiger partial charge in [0.05, 0.1) is 5.56 Å². The summed E-state index contributed by atoms with van der Waals surface area (Å²) >= 11 is 0. The minimum Gasteiger partial charge on any atom is -0.478 e. The largest absolute Gasteiger partial charge is 0.478 e. The molecule has 0 aromatic heterocycles. The number of halogens is 2. The molecule has 0 aliphatic carbocycles. The number of carboxylic acids is 1. The van der Waals surface area contributed by atoms with E-state index in [4.69, 9.17) is 10.8 Å². The molecule has 0 atom stereocenters. The summed E-state index contributed by atoms with van der Waals surface area (Å²) in [7, 11) is 0. The second-order valence-electron chi connectivity index (χ2n) is 2.47. The summed E-state index contributed by atoms with van der Waals surface area (Å²) < 4.78 is 27.6. The lowest BCUT2D eigenvalue weighted by Gasteiger charge is -2.06. The van der Waals surface area contributed by atoms with Gasteiger partial charge in [-0.05, 0) is 12.1 Å². The van der Waals surface area contributed by atoms with E-state index in [9.17, 15) is 13.6 Å². The Kier molecular flexibility index (Phi) is 2.85. The normalized spacial score (nSPS) is 10.2. The van der Waals surface area contributed by atoms with Crippen LogP contribution >= 0.6 is 0 Å². The van der Waals surface area contributed by atoms with Gasteiger partial charge in [0.2, 0.25) is 0 Å². The van der Waals surface area contributed by atoms with Gasteiger partial charge >= 0.3 is 12.6 Å². The van der Waals surface area contributed by atoms with Crippen LogP contribution in [-0.4, -0.2) is 17.7 Å². The van der Waals surface area contributed by atoms with Crippen LogP contribution in [0.2, 0.25) is 0 Å². The van der Waals surface area contributed by atoms with Gasteiger partial charge in [0.1, 0.15) is 5.75 Å². The average Bonchev–Trinajstić information content (AvgIpc) is 2.01. The van der Waals surface area contributed by atoms with Crippen LogP contribution in [0.15, 0.2) is 18.2 Å². The molecule has 4 nitrogen and oxygen atoms in total. The van der Waals surface area contributed by atoms with Gasteiger partial charge < -0.3 is 15.6 Å². The van der Waals surface area contributed by atoms with E-state index in [1.165, 1.54) is 0 Å². The zero-order valence-electron chi connectivity index (χ0n) is 6.91. The number of alkyl halides is 2. The number of benzene rings is 1. The SMILES string of the molecule is Nc1cc(OC(F)F)cc(C(=O)O)c1.